The summed E-state index contributed by atoms with van der Waals surface area (Å²) in [6.07, 6.45) is 3.69. The smallest absolute Gasteiger partial charge is 0.307 e. The van der Waals surface area contributed by atoms with Crippen LogP contribution in [0.1, 0.15) is 13.3 Å². The second-order valence-corrected chi connectivity index (χ2v) is 3.03. The Bertz CT molecular complexity index is 303. The first-order valence-corrected chi connectivity index (χ1v) is 4.87. The summed E-state index contributed by atoms with van der Waals surface area (Å²) in [5.74, 6) is 0.419. The van der Waals surface area contributed by atoms with Crippen LogP contribution in [-0.4, -0.2) is 36.1 Å². The maximum atomic E-state index is 11.1. The van der Waals surface area contributed by atoms with Gasteiger partial charge in [0, 0.05) is 26.0 Å². The summed E-state index contributed by atoms with van der Waals surface area (Å²) in [5.41, 5.74) is 0. The maximum absolute atomic E-state index is 11.1. The highest BCUT2D eigenvalue weighted by atomic mass is 16.5. The molecule has 0 bridgehead atoms. The first-order valence-electron chi connectivity index (χ1n) is 4.87. The van der Waals surface area contributed by atoms with E-state index in [0.29, 0.717) is 25.5 Å². The summed E-state index contributed by atoms with van der Waals surface area (Å²) in [7, 11) is 1.84. The van der Waals surface area contributed by atoms with Crippen LogP contribution in [0.2, 0.25) is 0 Å². The molecule has 0 radical (unpaired) electrons. The van der Waals surface area contributed by atoms with E-state index in [4.69, 9.17) is 4.74 Å². The molecule has 0 aliphatic carbocycles. The number of ether oxygens (including phenoxy) is 1. The molecule has 5 nitrogen and oxygen atoms in total. The first kappa shape index (κ1) is 11.4. The molecule has 1 aromatic rings. The Morgan fingerprint density at radius 1 is 1.47 bits per heavy atom. The fourth-order valence-electron chi connectivity index (χ4n) is 1.08. The van der Waals surface area contributed by atoms with Crippen molar-refractivity contribution >= 4 is 11.9 Å². The predicted molar refractivity (Wildman–Crippen MR) is 56.6 cm³/mol. The van der Waals surface area contributed by atoms with E-state index in [1.807, 2.05) is 11.9 Å². The number of hydrogen-bond donors (Lipinski definition) is 0. The second kappa shape index (κ2) is 5.95. The third-order valence-corrected chi connectivity index (χ3v) is 1.85. The van der Waals surface area contributed by atoms with Gasteiger partial charge in [0.15, 0.2) is 0 Å². The van der Waals surface area contributed by atoms with Crippen molar-refractivity contribution in [3.05, 3.63) is 18.5 Å². The molecule has 0 saturated heterocycles. The number of carbonyl (C=O) groups excluding carboxylic acids is 1. The van der Waals surface area contributed by atoms with Crippen LogP contribution in [0.3, 0.4) is 0 Å². The standard InChI is InChI=1S/C10H15N3O2/c1-3-15-9(14)5-8-13(2)10-11-6-4-7-12-10/h4,6-7H,3,5,8H2,1-2H3. The monoisotopic (exact) mass is 209 g/mol. The zero-order valence-corrected chi connectivity index (χ0v) is 9.01. The molecule has 5 heteroatoms. The minimum atomic E-state index is -0.194. The van der Waals surface area contributed by atoms with Gasteiger partial charge in [-0.25, -0.2) is 9.97 Å². The lowest BCUT2D eigenvalue weighted by Gasteiger charge is -2.15. The molecule has 0 atom stereocenters. The molecule has 0 amide bonds. The molecular formula is C10H15N3O2. The van der Waals surface area contributed by atoms with Gasteiger partial charge < -0.3 is 9.64 Å². The summed E-state index contributed by atoms with van der Waals surface area (Å²) >= 11 is 0. The normalized spacial score (nSPS) is 9.73. The fourth-order valence-corrected chi connectivity index (χ4v) is 1.08. The highest BCUT2D eigenvalue weighted by molar-refractivity contribution is 5.69. The van der Waals surface area contributed by atoms with Crippen LogP contribution in [0.4, 0.5) is 5.95 Å². The molecule has 1 rings (SSSR count). The highest BCUT2D eigenvalue weighted by Gasteiger charge is 2.06. The van der Waals surface area contributed by atoms with Gasteiger partial charge in [-0.05, 0) is 13.0 Å². The number of nitrogens with zero attached hydrogens (tertiary/aromatic N) is 3. The molecule has 0 N–H and O–H groups in total. The second-order valence-electron chi connectivity index (χ2n) is 3.03. The van der Waals surface area contributed by atoms with Gasteiger partial charge >= 0.3 is 5.97 Å². The summed E-state index contributed by atoms with van der Waals surface area (Å²) in [6.45, 7) is 2.77. The average molecular weight is 209 g/mol. The summed E-state index contributed by atoms with van der Waals surface area (Å²) in [6, 6.07) is 1.75. The number of hydrogen-bond acceptors (Lipinski definition) is 5. The molecule has 0 saturated carbocycles. The molecule has 0 aliphatic rings. The van der Waals surface area contributed by atoms with Crippen molar-refractivity contribution in [2.24, 2.45) is 0 Å². The van der Waals surface area contributed by atoms with Crippen molar-refractivity contribution in [1.82, 2.24) is 9.97 Å². The van der Waals surface area contributed by atoms with Crippen LogP contribution < -0.4 is 4.90 Å². The minimum absolute atomic E-state index is 0.194. The van der Waals surface area contributed by atoms with Crippen LogP contribution in [0.5, 0.6) is 0 Å². The molecule has 0 aromatic carbocycles. The quantitative estimate of drug-likeness (QED) is 0.673. The average Bonchev–Trinajstić information content (AvgIpc) is 2.27. The van der Waals surface area contributed by atoms with Crippen molar-refractivity contribution in [3.63, 3.8) is 0 Å². The summed E-state index contributed by atoms with van der Waals surface area (Å²) in [5, 5.41) is 0. The van der Waals surface area contributed by atoms with Gasteiger partial charge in [-0.15, -0.1) is 0 Å². The van der Waals surface area contributed by atoms with Crippen LogP contribution in [0.15, 0.2) is 18.5 Å². The van der Waals surface area contributed by atoms with Crippen molar-refractivity contribution in [2.75, 3.05) is 25.1 Å². The third kappa shape index (κ3) is 3.93. The van der Waals surface area contributed by atoms with Crippen molar-refractivity contribution < 1.29 is 9.53 Å². The topological polar surface area (TPSA) is 55.3 Å². The largest absolute Gasteiger partial charge is 0.466 e. The van der Waals surface area contributed by atoms with Crippen LogP contribution in [-0.2, 0) is 9.53 Å². The maximum Gasteiger partial charge on any atom is 0.307 e. The molecule has 15 heavy (non-hydrogen) atoms. The van der Waals surface area contributed by atoms with E-state index in [0.717, 1.165) is 0 Å². The Kier molecular flexibility index (Phi) is 4.53. The molecule has 82 valence electrons. The van der Waals surface area contributed by atoms with Gasteiger partial charge in [0.25, 0.3) is 0 Å². The third-order valence-electron chi connectivity index (χ3n) is 1.85. The van der Waals surface area contributed by atoms with Gasteiger partial charge in [-0.2, -0.15) is 0 Å². The molecule has 1 aromatic heterocycles. The minimum Gasteiger partial charge on any atom is -0.466 e. The van der Waals surface area contributed by atoms with E-state index in [1.165, 1.54) is 0 Å². The van der Waals surface area contributed by atoms with Gasteiger partial charge in [-0.3, -0.25) is 4.79 Å². The number of carbonyl (C=O) groups is 1. The Hall–Kier alpha value is -1.65. The Morgan fingerprint density at radius 2 is 2.13 bits per heavy atom. The van der Waals surface area contributed by atoms with Crippen LogP contribution >= 0.6 is 0 Å². The van der Waals surface area contributed by atoms with Crippen LogP contribution in [0.25, 0.3) is 0 Å². The number of aromatic nitrogens is 2. The van der Waals surface area contributed by atoms with Crippen molar-refractivity contribution in [2.45, 2.75) is 13.3 Å². The zero-order chi connectivity index (χ0) is 11.1. The Morgan fingerprint density at radius 3 is 2.73 bits per heavy atom. The van der Waals surface area contributed by atoms with E-state index in [1.54, 1.807) is 25.4 Å². The summed E-state index contributed by atoms with van der Waals surface area (Å²) in [4.78, 5) is 21.0. The lowest BCUT2D eigenvalue weighted by Crippen LogP contribution is -2.23. The van der Waals surface area contributed by atoms with Gasteiger partial charge in [0.05, 0.1) is 13.0 Å². The molecule has 0 aliphatic heterocycles. The van der Waals surface area contributed by atoms with E-state index in [2.05, 4.69) is 9.97 Å². The van der Waals surface area contributed by atoms with E-state index < -0.39 is 0 Å². The Balaban J connectivity index is 2.37. The van der Waals surface area contributed by atoms with E-state index in [-0.39, 0.29) is 5.97 Å². The predicted octanol–water partition coefficient (Wildman–Crippen LogP) is 0.866. The summed E-state index contributed by atoms with van der Waals surface area (Å²) < 4.78 is 4.82. The van der Waals surface area contributed by atoms with Crippen molar-refractivity contribution in [1.29, 1.82) is 0 Å². The molecule has 0 unspecified atom stereocenters. The van der Waals surface area contributed by atoms with E-state index in [9.17, 15) is 4.79 Å². The first-order chi connectivity index (χ1) is 7.24. The zero-order valence-electron chi connectivity index (χ0n) is 9.01. The van der Waals surface area contributed by atoms with Gasteiger partial charge in [0.1, 0.15) is 0 Å². The lowest BCUT2D eigenvalue weighted by atomic mass is 10.4. The SMILES string of the molecule is CCOC(=O)CCN(C)c1ncccn1. The molecule has 0 fully saturated rings. The number of esters is 1. The number of rotatable bonds is 5. The van der Waals surface area contributed by atoms with Gasteiger partial charge in [-0.1, -0.05) is 0 Å². The van der Waals surface area contributed by atoms with Gasteiger partial charge in [0.2, 0.25) is 5.95 Å². The highest BCUT2D eigenvalue weighted by Crippen LogP contribution is 2.02. The molecule has 1 heterocycles. The molecule has 0 spiro atoms. The lowest BCUT2D eigenvalue weighted by molar-refractivity contribution is -0.142. The molecular weight excluding hydrogens is 194 g/mol. The Labute approximate surface area is 89.1 Å². The van der Waals surface area contributed by atoms with Crippen LogP contribution in [0, 0.1) is 0 Å². The number of anilines is 1. The fraction of sp³-hybridized carbons (Fsp3) is 0.500. The van der Waals surface area contributed by atoms with Crippen molar-refractivity contribution in [3.8, 4) is 0 Å². The van der Waals surface area contributed by atoms with E-state index >= 15 is 0 Å².